The second-order valence-electron chi connectivity index (χ2n) is 13.6. The predicted molar refractivity (Wildman–Crippen MR) is 168 cm³/mol. The van der Waals surface area contributed by atoms with Crippen LogP contribution in [0.4, 0.5) is 0 Å². The van der Waals surface area contributed by atoms with Crippen LogP contribution >= 0.6 is 0 Å². The molecule has 0 bridgehead atoms. The summed E-state index contributed by atoms with van der Waals surface area (Å²) in [5, 5.41) is 5.31. The lowest BCUT2D eigenvalue weighted by Gasteiger charge is -2.38. The largest absolute Gasteiger partial charge is 0.394 e. The number of hydrogen-bond acceptors (Lipinski definition) is 0. The molecule has 4 aliphatic heterocycles. The summed E-state index contributed by atoms with van der Waals surface area (Å²) in [7, 11) is 0. The molecule has 1 unspecified atom stereocenters. The molecule has 0 aliphatic carbocycles. The zero-order valence-corrected chi connectivity index (χ0v) is 24.4. The quantitative estimate of drug-likeness (QED) is 0.186. The number of para-hydroxylation sites is 2. The molecule has 202 valence electrons. The van der Waals surface area contributed by atoms with E-state index < -0.39 is 5.66 Å². The van der Waals surface area contributed by atoms with Gasteiger partial charge >= 0.3 is 11.3 Å². The highest BCUT2D eigenvalue weighted by molar-refractivity contribution is 6.16. The fraction of sp³-hybridized carbons (Fsp3) is 0.158. The number of rotatable bonds is 0. The third-order valence-electron chi connectivity index (χ3n) is 11.4. The van der Waals surface area contributed by atoms with Crippen molar-refractivity contribution in [2.75, 3.05) is 0 Å². The summed E-state index contributed by atoms with van der Waals surface area (Å²) in [5.74, 6) is 0. The Morgan fingerprint density at radius 1 is 0.651 bits per heavy atom. The van der Waals surface area contributed by atoms with Crippen molar-refractivity contribution in [3.05, 3.63) is 125 Å². The van der Waals surface area contributed by atoms with Crippen LogP contribution in [0.1, 0.15) is 47.5 Å². The Balaban J connectivity index is 1.52. The molecule has 0 amide bonds. The molecule has 8 heterocycles. The van der Waals surface area contributed by atoms with Crippen molar-refractivity contribution < 1.29 is 9.25 Å². The molecule has 1 spiro atoms. The van der Waals surface area contributed by atoms with Gasteiger partial charge in [0.05, 0.1) is 34.0 Å². The Kier molecular flexibility index (Phi) is 3.07. The maximum absolute atomic E-state index is 2.63. The van der Waals surface area contributed by atoms with Crippen molar-refractivity contribution in [2.45, 2.75) is 38.8 Å². The lowest BCUT2D eigenvalue weighted by Crippen LogP contribution is -2.77. The van der Waals surface area contributed by atoms with Crippen LogP contribution in [-0.2, 0) is 11.1 Å². The van der Waals surface area contributed by atoms with E-state index in [-0.39, 0.29) is 5.41 Å². The Labute approximate surface area is 247 Å². The van der Waals surface area contributed by atoms with Crippen LogP contribution in [0.3, 0.4) is 0 Å². The number of benzene rings is 4. The van der Waals surface area contributed by atoms with E-state index in [9.17, 15) is 0 Å². The molecule has 4 aromatic carbocycles. The number of aryl methyl sites for hydroxylation is 2. The summed E-state index contributed by atoms with van der Waals surface area (Å²) in [6.07, 6.45) is 2.34. The molecule has 0 saturated carbocycles. The minimum atomic E-state index is -0.574. The molecule has 5 heteroatoms. The Hall–Kier alpha value is -5.16. The fourth-order valence-electron chi connectivity index (χ4n) is 9.95. The molecule has 0 saturated heterocycles. The monoisotopic (exact) mass is 553 g/mol. The third kappa shape index (κ3) is 1.84. The fourth-order valence-corrected chi connectivity index (χ4v) is 9.95. The summed E-state index contributed by atoms with van der Waals surface area (Å²) in [6.45, 7) is 9.41. The van der Waals surface area contributed by atoms with E-state index >= 15 is 0 Å². The molecular formula is C38H27N5+2. The normalized spacial score (nSPS) is 19.0. The van der Waals surface area contributed by atoms with Gasteiger partial charge in [0, 0.05) is 45.7 Å². The van der Waals surface area contributed by atoms with Crippen LogP contribution in [0.5, 0.6) is 0 Å². The maximum atomic E-state index is 2.63. The number of fused-ring (bicyclic) bond motifs is 7. The van der Waals surface area contributed by atoms with Crippen LogP contribution < -0.4 is 9.25 Å². The molecule has 4 aromatic heterocycles. The van der Waals surface area contributed by atoms with Gasteiger partial charge in [-0.2, -0.15) is 9.13 Å². The van der Waals surface area contributed by atoms with E-state index in [2.05, 4.69) is 142 Å². The molecule has 1 atom stereocenters. The van der Waals surface area contributed by atoms with Crippen molar-refractivity contribution in [3.63, 3.8) is 0 Å². The number of hydrogen-bond donors (Lipinski definition) is 0. The first-order chi connectivity index (χ1) is 21.0. The van der Waals surface area contributed by atoms with Crippen molar-refractivity contribution >= 4 is 43.7 Å². The third-order valence-corrected chi connectivity index (χ3v) is 11.4. The first-order valence-electron chi connectivity index (χ1n) is 15.3. The second kappa shape index (κ2) is 6.13. The second-order valence-corrected chi connectivity index (χ2v) is 13.6. The first-order valence-corrected chi connectivity index (χ1v) is 15.3. The standard InChI is InChI=1S/C38H27N5/c1-20-18-21(2)43-38-31-29(15-8-16-30(31)42(20)43)40-28-14-6-5-10-22(28)25-19-27-35(32(38)34(25)40)41-33-23(11-7-13-26(33)37(27,3)4)24-12-9-17-39(38)36(24)41/h5-19H,1-4H3/q+2. The first kappa shape index (κ1) is 21.5. The van der Waals surface area contributed by atoms with E-state index in [1.54, 1.807) is 0 Å². The minimum absolute atomic E-state index is 0.174. The lowest BCUT2D eigenvalue weighted by molar-refractivity contribution is -0.989. The summed E-state index contributed by atoms with van der Waals surface area (Å²) in [4.78, 5) is 0. The van der Waals surface area contributed by atoms with E-state index in [0.717, 1.165) is 0 Å². The highest BCUT2D eigenvalue weighted by atomic mass is 15.5. The van der Waals surface area contributed by atoms with Crippen LogP contribution in [0.25, 0.3) is 60.8 Å². The van der Waals surface area contributed by atoms with Gasteiger partial charge < -0.3 is 4.57 Å². The van der Waals surface area contributed by atoms with Crippen molar-refractivity contribution in [1.82, 2.24) is 13.8 Å². The zero-order valence-electron chi connectivity index (χ0n) is 24.4. The molecule has 43 heavy (non-hydrogen) atoms. The van der Waals surface area contributed by atoms with Crippen molar-refractivity contribution in [1.29, 1.82) is 0 Å². The van der Waals surface area contributed by atoms with Gasteiger partial charge in [0.1, 0.15) is 22.3 Å². The smallest absolute Gasteiger partial charge is 0.307 e. The molecule has 8 aromatic rings. The van der Waals surface area contributed by atoms with Gasteiger partial charge in [-0.05, 0) is 49.4 Å². The predicted octanol–water partition coefficient (Wildman–Crippen LogP) is 6.74. The lowest BCUT2D eigenvalue weighted by atomic mass is 9.71. The van der Waals surface area contributed by atoms with Gasteiger partial charge in [-0.3, -0.25) is 0 Å². The van der Waals surface area contributed by atoms with Crippen LogP contribution in [0.2, 0.25) is 0 Å². The Morgan fingerprint density at radius 3 is 2.35 bits per heavy atom. The summed E-state index contributed by atoms with van der Waals surface area (Å²) < 4.78 is 12.9. The van der Waals surface area contributed by atoms with Gasteiger partial charge in [0.15, 0.2) is 5.69 Å². The number of nitrogens with zero attached hydrogens (tertiary/aromatic N) is 5. The molecular weight excluding hydrogens is 526 g/mol. The van der Waals surface area contributed by atoms with Crippen molar-refractivity contribution in [2.24, 2.45) is 0 Å². The van der Waals surface area contributed by atoms with E-state index in [4.69, 9.17) is 0 Å². The van der Waals surface area contributed by atoms with Crippen LogP contribution in [-0.4, -0.2) is 13.8 Å². The molecule has 0 N–H and O–H groups in total. The highest BCUT2D eigenvalue weighted by Crippen LogP contribution is 2.58. The molecule has 5 nitrogen and oxygen atoms in total. The van der Waals surface area contributed by atoms with Crippen molar-refractivity contribution in [3.8, 4) is 17.1 Å². The number of aromatic nitrogens is 5. The van der Waals surface area contributed by atoms with E-state index in [1.807, 2.05) is 0 Å². The van der Waals surface area contributed by atoms with Gasteiger partial charge in [-0.1, -0.05) is 54.9 Å². The van der Waals surface area contributed by atoms with Gasteiger partial charge in [0.25, 0.3) is 0 Å². The summed E-state index contributed by atoms with van der Waals surface area (Å²) >= 11 is 0. The van der Waals surface area contributed by atoms with Crippen LogP contribution in [0, 0.1) is 13.8 Å². The zero-order chi connectivity index (χ0) is 28.3. The molecule has 0 fully saturated rings. The van der Waals surface area contributed by atoms with E-state index in [0.29, 0.717) is 0 Å². The average molecular weight is 554 g/mol. The highest BCUT2D eigenvalue weighted by Gasteiger charge is 2.70. The summed E-state index contributed by atoms with van der Waals surface area (Å²) in [5.41, 5.74) is 16.5. The average Bonchev–Trinajstić information content (AvgIpc) is 3.72. The van der Waals surface area contributed by atoms with E-state index in [1.165, 1.54) is 94.4 Å². The maximum Gasteiger partial charge on any atom is 0.394 e. The summed E-state index contributed by atoms with van der Waals surface area (Å²) in [6, 6.07) is 32.4. The minimum Gasteiger partial charge on any atom is -0.307 e. The van der Waals surface area contributed by atoms with Crippen LogP contribution in [0.15, 0.2) is 91.1 Å². The van der Waals surface area contributed by atoms with Gasteiger partial charge in [0.2, 0.25) is 5.69 Å². The van der Waals surface area contributed by atoms with Gasteiger partial charge in [-0.15, -0.1) is 4.68 Å². The molecule has 0 radical (unpaired) electrons. The Morgan fingerprint density at radius 2 is 1.44 bits per heavy atom. The molecule has 4 aliphatic rings. The topological polar surface area (TPSA) is 22.5 Å². The van der Waals surface area contributed by atoms with Gasteiger partial charge in [-0.25, -0.2) is 0 Å². The Bertz CT molecular complexity index is 2730. The SMILES string of the molecule is Cc1cc(C)[n+]2n1-c1cccc3c1C21c2c4c(cc5c6ccccc6n-3c25)C(C)(C)c2cccc3c5ccc[n+]1c5n-4c23. The number of pyridine rings is 1. The molecule has 12 rings (SSSR count).